The van der Waals surface area contributed by atoms with Crippen molar-refractivity contribution in [3.8, 4) is 23.0 Å². The van der Waals surface area contributed by atoms with Gasteiger partial charge in [0.2, 0.25) is 5.89 Å². The van der Waals surface area contributed by atoms with Gasteiger partial charge in [-0.05, 0) is 73.1 Å². The predicted octanol–water partition coefficient (Wildman–Crippen LogP) is 5.51. The highest BCUT2D eigenvalue weighted by molar-refractivity contribution is 7.80. The zero-order valence-corrected chi connectivity index (χ0v) is 20.2. The highest BCUT2D eigenvalue weighted by atomic mass is 32.1. The number of oxazole rings is 1. The molecule has 1 aromatic heterocycles. The quantitative estimate of drug-likeness (QED) is 0.356. The van der Waals surface area contributed by atoms with Crippen LogP contribution in [0.15, 0.2) is 59.0 Å². The number of carbonyl (C=O) groups is 1. The maximum atomic E-state index is 12.9. The number of hydrogen-bond acceptors (Lipinski definition) is 6. The van der Waals surface area contributed by atoms with Crippen molar-refractivity contribution in [2.75, 3.05) is 19.5 Å². The second kappa shape index (κ2) is 9.93. The third kappa shape index (κ3) is 4.72. The van der Waals surface area contributed by atoms with Gasteiger partial charge in [-0.2, -0.15) is 0 Å². The van der Waals surface area contributed by atoms with E-state index in [9.17, 15) is 4.79 Å². The number of thiocarbonyl (C=S) groups is 1. The fraction of sp³-hybridized carbons (Fsp3) is 0.192. The van der Waals surface area contributed by atoms with Crippen LogP contribution in [0.1, 0.15) is 28.4 Å². The summed E-state index contributed by atoms with van der Waals surface area (Å²) >= 11 is 5.41. The van der Waals surface area contributed by atoms with Crippen molar-refractivity contribution in [1.29, 1.82) is 0 Å². The summed E-state index contributed by atoms with van der Waals surface area (Å²) in [6.07, 6.45) is 0.931. The Morgan fingerprint density at radius 2 is 1.79 bits per heavy atom. The molecule has 4 aromatic rings. The third-order valence-corrected chi connectivity index (χ3v) is 5.68. The van der Waals surface area contributed by atoms with Crippen LogP contribution >= 0.6 is 12.2 Å². The minimum absolute atomic E-state index is 0.142. The van der Waals surface area contributed by atoms with Gasteiger partial charge in [-0.15, -0.1) is 0 Å². The molecule has 1 amide bonds. The number of fused-ring (bicyclic) bond motifs is 1. The molecule has 2 N–H and O–H groups in total. The Morgan fingerprint density at radius 3 is 2.47 bits per heavy atom. The van der Waals surface area contributed by atoms with E-state index in [-0.39, 0.29) is 10.7 Å². The number of benzene rings is 3. The molecule has 4 rings (SSSR count). The molecule has 0 fully saturated rings. The Bertz CT molecular complexity index is 1360. The molecule has 0 saturated heterocycles. The molecule has 7 nitrogen and oxygen atoms in total. The lowest BCUT2D eigenvalue weighted by Gasteiger charge is -2.15. The zero-order chi connectivity index (χ0) is 24.2. The fourth-order valence-corrected chi connectivity index (χ4v) is 3.80. The smallest absolute Gasteiger partial charge is 0.264 e. The molecule has 0 atom stereocenters. The van der Waals surface area contributed by atoms with Crippen LogP contribution in [0.5, 0.6) is 11.5 Å². The first-order valence-electron chi connectivity index (χ1n) is 10.8. The summed E-state index contributed by atoms with van der Waals surface area (Å²) in [6, 6.07) is 16.9. The van der Waals surface area contributed by atoms with Crippen molar-refractivity contribution in [1.82, 2.24) is 10.3 Å². The molecule has 0 aliphatic heterocycles. The number of ether oxygens (including phenoxy) is 2. The van der Waals surface area contributed by atoms with E-state index in [0.29, 0.717) is 17.4 Å². The van der Waals surface area contributed by atoms with E-state index in [0.717, 1.165) is 34.3 Å². The molecule has 8 heteroatoms. The van der Waals surface area contributed by atoms with Crippen LogP contribution in [-0.4, -0.2) is 30.2 Å². The van der Waals surface area contributed by atoms with Gasteiger partial charge in [0.15, 0.2) is 10.7 Å². The van der Waals surface area contributed by atoms with Crippen molar-refractivity contribution < 1.29 is 18.7 Å². The summed E-state index contributed by atoms with van der Waals surface area (Å²) in [5.41, 5.74) is 5.48. The molecule has 34 heavy (non-hydrogen) atoms. The maximum absolute atomic E-state index is 12.9. The number of aryl methyl sites for hydroxylation is 2. The summed E-state index contributed by atoms with van der Waals surface area (Å²) in [7, 11) is 2.98. The van der Waals surface area contributed by atoms with Crippen molar-refractivity contribution in [3.05, 3.63) is 71.3 Å². The van der Waals surface area contributed by atoms with Gasteiger partial charge in [0.05, 0.1) is 14.2 Å². The van der Waals surface area contributed by atoms with Crippen molar-refractivity contribution in [2.24, 2.45) is 0 Å². The van der Waals surface area contributed by atoms with Crippen molar-refractivity contribution in [2.45, 2.75) is 20.3 Å². The van der Waals surface area contributed by atoms with Gasteiger partial charge in [0.1, 0.15) is 22.6 Å². The number of aromatic nitrogens is 1. The molecule has 0 bridgehead atoms. The average molecular weight is 476 g/mol. The summed E-state index contributed by atoms with van der Waals surface area (Å²) < 4.78 is 16.6. The summed E-state index contributed by atoms with van der Waals surface area (Å²) in [5.74, 6) is 0.853. The first kappa shape index (κ1) is 23.3. The predicted molar refractivity (Wildman–Crippen MR) is 137 cm³/mol. The number of carbonyl (C=O) groups excluding carboxylic acids is 1. The summed E-state index contributed by atoms with van der Waals surface area (Å²) in [6.45, 7) is 4.05. The largest absolute Gasteiger partial charge is 0.496 e. The van der Waals surface area contributed by atoms with E-state index in [1.54, 1.807) is 18.2 Å². The Labute approximate surface area is 203 Å². The maximum Gasteiger partial charge on any atom is 0.264 e. The van der Waals surface area contributed by atoms with Gasteiger partial charge >= 0.3 is 0 Å². The molecule has 0 spiro atoms. The molecule has 0 aliphatic carbocycles. The molecule has 0 aliphatic rings. The van der Waals surface area contributed by atoms with Crippen LogP contribution < -0.4 is 20.1 Å². The van der Waals surface area contributed by atoms with Gasteiger partial charge in [-0.25, -0.2) is 4.98 Å². The highest BCUT2D eigenvalue weighted by Crippen LogP contribution is 2.30. The second-order valence-electron chi connectivity index (χ2n) is 7.65. The molecule has 0 unspecified atom stereocenters. The van der Waals surface area contributed by atoms with Crippen LogP contribution in [0.25, 0.3) is 22.6 Å². The zero-order valence-electron chi connectivity index (χ0n) is 19.4. The van der Waals surface area contributed by atoms with E-state index < -0.39 is 5.91 Å². The number of nitrogens with one attached hydrogen (secondary N) is 2. The normalized spacial score (nSPS) is 10.7. The molecular weight excluding hydrogens is 450 g/mol. The van der Waals surface area contributed by atoms with Gasteiger partial charge < -0.3 is 19.2 Å². The Kier molecular flexibility index (Phi) is 6.79. The molecule has 174 valence electrons. The van der Waals surface area contributed by atoms with E-state index >= 15 is 0 Å². The Hall–Kier alpha value is -3.91. The summed E-state index contributed by atoms with van der Waals surface area (Å²) in [4.78, 5) is 17.5. The number of anilines is 1. The topological polar surface area (TPSA) is 85.6 Å². The number of amides is 1. The van der Waals surface area contributed by atoms with Gasteiger partial charge in [-0.1, -0.05) is 25.1 Å². The first-order chi connectivity index (χ1) is 16.4. The highest BCUT2D eigenvalue weighted by Gasteiger charge is 2.19. The number of methoxy groups -OCH3 is 2. The second-order valence-corrected chi connectivity index (χ2v) is 8.06. The number of rotatable bonds is 6. The molecule has 3 aromatic carbocycles. The minimum Gasteiger partial charge on any atom is -0.496 e. The van der Waals surface area contributed by atoms with Crippen molar-refractivity contribution >= 4 is 40.0 Å². The SMILES string of the molecule is CCc1ccc2oc(-c3ccc(C)c(NC(=S)NC(=O)c4c(OC)cccc4OC)c3)nc2c1. The van der Waals surface area contributed by atoms with E-state index in [1.807, 2.05) is 43.3 Å². The standard InChI is InChI=1S/C26H25N3O4S/c1-5-16-10-12-20-19(13-16)27-25(33-20)17-11-9-15(2)18(14-17)28-26(34)29-24(30)23-21(31-3)7-6-8-22(23)32-4/h6-14H,5H2,1-4H3,(H2,28,29,30,34). The Morgan fingerprint density at radius 1 is 1.06 bits per heavy atom. The van der Waals surface area contributed by atoms with Crippen molar-refractivity contribution in [3.63, 3.8) is 0 Å². The van der Waals surface area contributed by atoms with E-state index in [4.69, 9.17) is 26.1 Å². The van der Waals surface area contributed by atoms with E-state index in [2.05, 4.69) is 22.5 Å². The fourth-order valence-electron chi connectivity index (χ4n) is 3.60. The first-order valence-corrected chi connectivity index (χ1v) is 11.2. The monoisotopic (exact) mass is 475 g/mol. The van der Waals surface area contributed by atoms with Crippen LogP contribution in [0, 0.1) is 6.92 Å². The molecule has 0 radical (unpaired) electrons. The van der Waals surface area contributed by atoms with Gasteiger partial charge in [-0.3, -0.25) is 10.1 Å². The van der Waals surface area contributed by atoms with Gasteiger partial charge in [0.25, 0.3) is 5.91 Å². The van der Waals surface area contributed by atoms with Crippen LogP contribution in [-0.2, 0) is 6.42 Å². The summed E-state index contributed by atoms with van der Waals surface area (Å²) in [5, 5.41) is 5.94. The molecule has 1 heterocycles. The minimum atomic E-state index is -0.439. The lowest BCUT2D eigenvalue weighted by Crippen LogP contribution is -2.34. The number of nitrogens with zero attached hydrogens (tertiary/aromatic N) is 1. The molecule has 0 saturated carbocycles. The third-order valence-electron chi connectivity index (χ3n) is 5.47. The van der Waals surface area contributed by atoms with Crippen LogP contribution in [0.3, 0.4) is 0 Å². The lowest BCUT2D eigenvalue weighted by molar-refractivity contribution is 0.0971. The number of hydrogen-bond donors (Lipinski definition) is 2. The Balaban J connectivity index is 1.55. The van der Waals surface area contributed by atoms with Crippen LogP contribution in [0.2, 0.25) is 0 Å². The average Bonchev–Trinajstić information content (AvgIpc) is 3.27. The lowest BCUT2D eigenvalue weighted by atomic mass is 10.1. The molecular formula is C26H25N3O4S. The van der Waals surface area contributed by atoms with Gasteiger partial charge in [0, 0.05) is 11.3 Å². The van der Waals surface area contributed by atoms with E-state index in [1.165, 1.54) is 19.8 Å². The van der Waals surface area contributed by atoms with Crippen LogP contribution in [0.4, 0.5) is 5.69 Å².